The highest BCUT2D eigenvalue weighted by Gasteiger charge is 2.24. The van der Waals surface area contributed by atoms with Crippen molar-refractivity contribution in [2.45, 2.75) is 13.8 Å². The zero-order valence-corrected chi connectivity index (χ0v) is 22.8. The summed E-state index contributed by atoms with van der Waals surface area (Å²) in [6, 6.07) is 17.6. The van der Waals surface area contributed by atoms with Gasteiger partial charge in [-0.2, -0.15) is 5.10 Å². The summed E-state index contributed by atoms with van der Waals surface area (Å²) >= 11 is 24.4. The summed E-state index contributed by atoms with van der Waals surface area (Å²) in [4.78, 5) is 26.7. The van der Waals surface area contributed by atoms with Crippen molar-refractivity contribution >= 4 is 70.1 Å². The Morgan fingerprint density at radius 1 is 0.730 bits per heavy atom. The van der Waals surface area contributed by atoms with E-state index >= 15 is 0 Å². The lowest BCUT2D eigenvalue weighted by Crippen LogP contribution is -2.05. The molecule has 0 unspecified atom stereocenters. The summed E-state index contributed by atoms with van der Waals surface area (Å²) in [5.74, 6) is -0.829. The summed E-state index contributed by atoms with van der Waals surface area (Å²) in [5, 5.41) is 6.31. The zero-order valence-electron chi connectivity index (χ0n) is 19.8. The Hall–Kier alpha value is -3.15. The van der Waals surface area contributed by atoms with E-state index in [1.165, 1.54) is 12.2 Å². The van der Waals surface area contributed by atoms with Crippen LogP contribution in [0.1, 0.15) is 43.2 Å². The maximum Gasteiger partial charge on any atom is 0.206 e. The second-order valence-corrected chi connectivity index (χ2v) is 9.97. The molecule has 0 spiro atoms. The maximum atomic E-state index is 13.4. The minimum Gasteiger partial charge on any atom is -0.289 e. The third-order valence-electron chi connectivity index (χ3n) is 5.63. The van der Waals surface area contributed by atoms with Crippen LogP contribution in [0.15, 0.2) is 72.8 Å². The fourth-order valence-corrected chi connectivity index (χ4v) is 4.62. The molecule has 4 nitrogen and oxygen atoms in total. The van der Waals surface area contributed by atoms with Crippen LogP contribution in [0.5, 0.6) is 0 Å². The van der Waals surface area contributed by atoms with E-state index in [1.807, 2.05) is 31.2 Å². The number of rotatable bonds is 7. The van der Waals surface area contributed by atoms with Crippen LogP contribution in [-0.2, 0) is 0 Å². The number of halogens is 4. The maximum absolute atomic E-state index is 13.4. The highest BCUT2D eigenvalue weighted by molar-refractivity contribution is 6.36. The molecule has 0 N–H and O–H groups in total. The van der Waals surface area contributed by atoms with E-state index in [-0.39, 0.29) is 17.0 Å². The molecule has 4 rings (SSSR count). The predicted molar refractivity (Wildman–Crippen MR) is 153 cm³/mol. The highest BCUT2D eigenvalue weighted by Crippen LogP contribution is 2.26. The summed E-state index contributed by atoms with van der Waals surface area (Å²) in [7, 11) is 0. The number of aromatic nitrogens is 2. The monoisotopic (exact) mass is 568 g/mol. The van der Waals surface area contributed by atoms with Gasteiger partial charge in [0.25, 0.3) is 0 Å². The van der Waals surface area contributed by atoms with E-state index in [1.54, 1.807) is 60.2 Å². The van der Waals surface area contributed by atoms with Crippen molar-refractivity contribution in [2.24, 2.45) is 0 Å². The van der Waals surface area contributed by atoms with Gasteiger partial charge in [-0.05, 0) is 85.7 Å². The summed E-state index contributed by atoms with van der Waals surface area (Å²) < 4.78 is 1.59. The Morgan fingerprint density at radius 3 is 1.76 bits per heavy atom. The number of allylic oxidation sites excluding steroid dienone is 2. The van der Waals surface area contributed by atoms with Gasteiger partial charge in [0.15, 0.2) is 5.78 Å². The molecule has 186 valence electrons. The van der Waals surface area contributed by atoms with Gasteiger partial charge in [0, 0.05) is 20.1 Å². The van der Waals surface area contributed by atoms with Crippen LogP contribution in [0.2, 0.25) is 20.1 Å². The van der Waals surface area contributed by atoms with Crippen molar-refractivity contribution in [1.29, 1.82) is 0 Å². The lowest BCUT2D eigenvalue weighted by Gasteiger charge is -2.05. The van der Waals surface area contributed by atoms with Crippen LogP contribution in [0, 0.1) is 13.8 Å². The number of aryl methyl sites for hydroxylation is 1. The summed E-state index contributed by atoms with van der Waals surface area (Å²) in [6.45, 7) is 3.72. The molecule has 37 heavy (non-hydrogen) atoms. The fourth-order valence-electron chi connectivity index (χ4n) is 3.67. The number of nitrogens with zero attached hydrogens (tertiary/aromatic N) is 2. The lowest BCUT2D eigenvalue weighted by atomic mass is 10.0. The van der Waals surface area contributed by atoms with Crippen LogP contribution in [0.4, 0.5) is 0 Å². The minimum absolute atomic E-state index is 0.0243. The number of carbonyl (C=O) groups excluding carboxylic acids is 2. The third-order valence-corrected chi connectivity index (χ3v) is 6.75. The van der Waals surface area contributed by atoms with E-state index in [9.17, 15) is 9.59 Å². The molecule has 0 atom stereocenters. The average Bonchev–Trinajstić information content (AvgIpc) is 3.20. The SMILES string of the molecule is Cc1ccc(-n2nc(C(=O)/C=C/c3ccc(Cl)cc3Cl)c(C(=O)/C=C/c3ccc(Cl)cc3Cl)c2C)cc1. The van der Waals surface area contributed by atoms with Gasteiger partial charge < -0.3 is 0 Å². The molecule has 4 aromatic rings. The van der Waals surface area contributed by atoms with Crippen molar-refractivity contribution in [3.63, 3.8) is 0 Å². The molecule has 0 amide bonds. The van der Waals surface area contributed by atoms with Crippen molar-refractivity contribution in [2.75, 3.05) is 0 Å². The molecule has 0 fully saturated rings. The van der Waals surface area contributed by atoms with Crippen LogP contribution in [0.3, 0.4) is 0 Å². The topological polar surface area (TPSA) is 52.0 Å². The molecule has 0 aliphatic carbocycles. The van der Waals surface area contributed by atoms with Gasteiger partial charge in [-0.25, -0.2) is 4.68 Å². The Bertz CT molecular complexity index is 1570. The largest absolute Gasteiger partial charge is 0.289 e. The van der Waals surface area contributed by atoms with Gasteiger partial charge in [-0.1, -0.05) is 76.2 Å². The second kappa shape index (κ2) is 11.5. The molecular formula is C29H20Cl4N2O2. The van der Waals surface area contributed by atoms with Crippen molar-refractivity contribution in [3.8, 4) is 5.69 Å². The average molecular weight is 570 g/mol. The molecule has 0 saturated heterocycles. The first kappa shape index (κ1) is 26.9. The fraction of sp³-hybridized carbons (Fsp3) is 0.0690. The molecule has 1 heterocycles. The Morgan fingerprint density at radius 2 is 1.24 bits per heavy atom. The van der Waals surface area contributed by atoms with Gasteiger partial charge >= 0.3 is 0 Å². The van der Waals surface area contributed by atoms with E-state index in [4.69, 9.17) is 46.4 Å². The number of ketones is 2. The number of carbonyl (C=O) groups is 2. The Balaban J connectivity index is 1.75. The molecule has 8 heteroatoms. The van der Waals surface area contributed by atoms with Gasteiger partial charge in [0.2, 0.25) is 5.78 Å². The van der Waals surface area contributed by atoms with Crippen molar-refractivity contribution < 1.29 is 9.59 Å². The second-order valence-electron chi connectivity index (χ2n) is 8.28. The standard InChI is InChI=1S/C29H20Cl4N2O2/c1-17-3-11-23(12-4-17)35-18(2)28(26(36)13-7-19-5-9-21(30)15-24(19)32)29(34-35)27(37)14-8-20-6-10-22(31)16-25(20)33/h3-16H,1-2H3/b13-7+,14-8+. The molecule has 0 aliphatic heterocycles. The first-order valence-electron chi connectivity index (χ1n) is 11.2. The number of benzene rings is 3. The van der Waals surface area contributed by atoms with Crippen LogP contribution in [-0.4, -0.2) is 21.3 Å². The van der Waals surface area contributed by atoms with Crippen LogP contribution >= 0.6 is 46.4 Å². The summed E-state index contributed by atoms with van der Waals surface area (Å²) in [6.07, 6.45) is 5.86. The van der Waals surface area contributed by atoms with E-state index in [0.717, 1.165) is 11.3 Å². The molecule has 1 aromatic heterocycles. The zero-order chi connectivity index (χ0) is 26.7. The normalized spacial score (nSPS) is 11.5. The predicted octanol–water partition coefficient (Wildman–Crippen LogP) is 8.89. The molecule has 0 bridgehead atoms. The van der Waals surface area contributed by atoms with Crippen molar-refractivity contribution in [3.05, 3.63) is 127 Å². The summed E-state index contributed by atoms with van der Waals surface area (Å²) in [5.41, 5.74) is 3.78. The van der Waals surface area contributed by atoms with Crippen LogP contribution < -0.4 is 0 Å². The Kier molecular flexibility index (Phi) is 8.35. The van der Waals surface area contributed by atoms with Crippen LogP contribution in [0.25, 0.3) is 17.8 Å². The Labute approximate surface area is 234 Å². The van der Waals surface area contributed by atoms with Crippen molar-refractivity contribution in [1.82, 2.24) is 9.78 Å². The van der Waals surface area contributed by atoms with E-state index in [0.29, 0.717) is 36.9 Å². The van der Waals surface area contributed by atoms with Gasteiger partial charge in [0.1, 0.15) is 5.69 Å². The number of hydrogen-bond donors (Lipinski definition) is 0. The minimum atomic E-state index is -0.443. The van der Waals surface area contributed by atoms with Gasteiger partial charge in [-0.3, -0.25) is 9.59 Å². The first-order chi connectivity index (χ1) is 17.6. The highest BCUT2D eigenvalue weighted by atomic mass is 35.5. The molecule has 0 saturated carbocycles. The van der Waals surface area contributed by atoms with Gasteiger partial charge in [0.05, 0.1) is 16.9 Å². The molecule has 0 aliphatic rings. The quantitative estimate of drug-likeness (QED) is 0.165. The molecule has 0 radical (unpaired) electrons. The third kappa shape index (κ3) is 6.23. The number of hydrogen-bond acceptors (Lipinski definition) is 3. The molecule has 3 aromatic carbocycles. The molecular weight excluding hydrogens is 550 g/mol. The van der Waals surface area contributed by atoms with Gasteiger partial charge in [-0.15, -0.1) is 0 Å². The van der Waals surface area contributed by atoms with E-state index < -0.39 is 5.78 Å². The first-order valence-corrected chi connectivity index (χ1v) is 12.7. The smallest absolute Gasteiger partial charge is 0.206 e. The van der Waals surface area contributed by atoms with E-state index in [2.05, 4.69) is 5.10 Å². The lowest BCUT2D eigenvalue weighted by molar-refractivity contribution is 0.101.